The lowest BCUT2D eigenvalue weighted by atomic mass is 9.96. The molecule has 0 aromatic heterocycles. The minimum atomic E-state index is -1.22. The fourth-order valence-corrected chi connectivity index (χ4v) is 1.35. The van der Waals surface area contributed by atoms with Crippen LogP contribution in [0.1, 0.15) is 40.5 Å². The Kier molecular flexibility index (Phi) is 9.25. The van der Waals surface area contributed by atoms with E-state index in [4.69, 9.17) is 12.6 Å². The third-order valence-corrected chi connectivity index (χ3v) is 2.35. The predicted octanol–water partition coefficient (Wildman–Crippen LogP) is 1.35. The van der Waals surface area contributed by atoms with E-state index in [1.54, 1.807) is 26.8 Å². The number of carbonyl (C=O) groups excluding carboxylic acids is 2. The molecule has 7 heteroatoms. The number of aliphatic hydroxyl groups excluding tert-OH is 1. The molecule has 2 atom stereocenters. The average molecular weight is 308 g/mol. The van der Waals surface area contributed by atoms with Crippen molar-refractivity contribution in [1.82, 2.24) is 10.6 Å². The number of nitrogens with one attached hydrogen (secondary N) is 2. The van der Waals surface area contributed by atoms with Gasteiger partial charge in [-0.2, -0.15) is 0 Å². The monoisotopic (exact) mass is 308 g/mol. The highest BCUT2D eigenvalue weighted by Crippen LogP contribution is 2.06. The first kappa shape index (κ1) is 20.2. The Morgan fingerprint density at radius 1 is 1.27 bits per heavy atom. The van der Waals surface area contributed by atoms with E-state index in [9.17, 15) is 14.7 Å². The second-order valence-electron chi connectivity index (χ2n) is 5.73. The first-order chi connectivity index (χ1) is 10.2. The average Bonchev–Trinajstić information content (AvgIpc) is 2.38. The zero-order valence-electron chi connectivity index (χ0n) is 13.6. The molecule has 22 heavy (non-hydrogen) atoms. The molecule has 0 saturated carbocycles. The van der Waals surface area contributed by atoms with Gasteiger partial charge >= 0.3 is 6.09 Å². The molecule has 2 radical (unpaired) electrons. The Morgan fingerprint density at radius 2 is 1.86 bits per heavy atom. The molecule has 0 bridgehead atoms. The third-order valence-electron chi connectivity index (χ3n) is 2.35. The van der Waals surface area contributed by atoms with Crippen molar-refractivity contribution in [3.8, 4) is 0 Å². The van der Waals surface area contributed by atoms with E-state index in [1.807, 2.05) is 19.1 Å². The molecule has 0 aliphatic carbocycles. The summed E-state index contributed by atoms with van der Waals surface area (Å²) in [6.45, 7) is 7.00. The van der Waals surface area contributed by atoms with E-state index in [-0.39, 0.29) is 0 Å². The van der Waals surface area contributed by atoms with E-state index >= 15 is 0 Å². The first-order valence-corrected chi connectivity index (χ1v) is 7.15. The number of alkyl carbamates (subject to hydrolysis) is 1. The molecule has 6 nitrogen and oxygen atoms in total. The predicted molar refractivity (Wildman–Crippen MR) is 86.2 cm³/mol. The van der Waals surface area contributed by atoms with Crippen LogP contribution in [0.2, 0.25) is 0 Å². The van der Waals surface area contributed by atoms with Crippen LogP contribution in [0.4, 0.5) is 4.79 Å². The molecule has 0 aliphatic rings. The Balaban J connectivity index is 4.08. The molecule has 0 heterocycles. The van der Waals surface area contributed by atoms with Crippen LogP contribution < -0.4 is 10.6 Å². The molecule has 0 aliphatic heterocycles. The minimum absolute atomic E-state index is 0.402. The molecule has 3 N–H and O–H groups in total. The SMILES string of the molecule is [B][C@H](NC(=O)OC(C)(C)C)C(=O)N/C=C\C[C@@H](O)C/C=C\C. The van der Waals surface area contributed by atoms with Crippen LogP contribution in [0.5, 0.6) is 0 Å². The highest BCUT2D eigenvalue weighted by atomic mass is 16.6. The second kappa shape index (κ2) is 10.1. The lowest BCUT2D eigenvalue weighted by molar-refractivity contribution is -0.120. The molecule has 0 spiro atoms. The summed E-state index contributed by atoms with van der Waals surface area (Å²) in [6.07, 6.45) is 6.41. The molecule has 0 unspecified atom stereocenters. The fourth-order valence-electron chi connectivity index (χ4n) is 1.35. The van der Waals surface area contributed by atoms with Crippen molar-refractivity contribution < 1.29 is 19.4 Å². The first-order valence-electron chi connectivity index (χ1n) is 7.15. The largest absolute Gasteiger partial charge is 0.444 e. The maximum Gasteiger partial charge on any atom is 0.407 e. The number of allylic oxidation sites excluding steroid dienone is 1. The molecule has 0 fully saturated rings. The van der Waals surface area contributed by atoms with Gasteiger partial charge in [0.25, 0.3) is 0 Å². The smallest absolute Gasteiger partial charge is 0.407 e. The summed E-state index contributed by atoms with van der Waals surface area (Å²) in [4.78, 5) is 23.1. The highest BCUT2D eigenvalue weighted by Gasteiger charge is 2.20. The van der Waals surface area contributed by atoms with Crippen molar-refractivity contribution in [2.75, 3.05) is 0 Å². The van der Waals surface area contributed by atoms with Crippen molar-refractivity contribution >= 4 is 19.8 Å². The van der Waals surface area contributed by atoms with E-state index in [2.05, 4.69) is 10.6 Å². The number of hydrogen-bond donors (Lipinski definition) is 3. The van der Waals surface area contributed by atoms with Crippen LogP contribution >= 0.6 is 0 Å². The van der Waals surface area contributed by atoms with Gasteiger partial charge in [0.15, 0.2) is 0 Å². The van der Waals surface area contributed by atoms with Crippen molar-refractivity contribution in [2.24, 2.45) is 0 Å². The van der Waals surface area contributed by atoms with Gasteiger partial charge in [-0.1, -0.05) is 18.2 Å². The van der Waals surface area contributed by atoms with Crippen molar-refractivity contribution in [1.29, 1.82) is 0 Å². The highest BCUT2D eigenvalue weighted by molar-refractivity contribution is 6.25. The standard InChI is InChI=1S/C15H25BN2O4/c1-5-6-8-11(19)9-7-10-17-13(20)12(16)18-14(21)22-15(2,3)4/h5-7,10-12,19H,8-9H2,1-4H3,(H,17,20)(H,18,21)/b6-5-,10-7-/t11-,12+/m0/s1. The van der Waals surface area contributed by atoms with Gasteiger partial charge in [-0.25, -0.2) is 4.79 Å². The van der Waals surface area contributed by atoms with Crippen LogP contribution in [0, 0.1) is 0 Å². The number of carbonyl (C=O) groups is 2. The molecule has 0 aromatic carbocycles. The van der Waals surface area contributed by atoms with Gasteiger partial charge in [-0.05, 0) is 46.7 Å². The summed E-state index contributed by atoms with van der Waals surface area (Å²) in [7, 11) is 5.53. The molecule has 0 saturated heterocycles. The maximum absolute atomic E-state index is 11.6. The van der Waals surface area contributed by atoms with E-state index in [1.165, 1.54) is 6.20 Å². The van der Waals surface area contributed by atoms with Gasteiger partial charge in [0.05, 0.1) is 12.0 Å². The number of amides is 2. The Labute approximate surface area is 133 Å². The quantitative estimate of drug-likeness (QED) is 0.489. The van der Waals surface area contributed by atoms with Gasteiger partial charge in [0.1, 0.15) is 13.4 Å². The van der Waals surface area contributed by atoms with Crippen LogP contribution in [-0.2, 0) is 9.53 Å². The Hall–Kier alpha value is -1.76. The van der Waals surface area contributed by atoms with Gasteiger partial charge in [-0.15, -0.1) is 0 Å². The van der Waals surface area contributed by atoms with Gasteiger partial charge in [0.2, 0.25) is 5.91 Å². The van der Waals surface area contributed by atoms with E-state index < -0.39 is 29.6 Å². The molecule has 0 aromatic rings. The number of hydrogen-bond acceptors (Lipinski definition) is 4. The number of rotatable bonds is 7. The van der Waals surface area contributed by atoms with Gasteiger partial charge in [0, 0.05) is 0 Å². The molecular weight excluding hydrogens is 283 g/mol. The number of aliphatic hydroxyl groups is 1. The van der Waals surface area contributed by atoms with Crippen molar-refractivity contribution in [3.63, 3.8) is 0 Å². The Bertz CT molecular complexity index is 416. The van der Waals surface area contributed by atoms with E-state index in [0.717, 1.165) is 0 Å². The van der Waals surface area contributed by atoms with Crippen LogP contribution in [0.15, 0.2) is 24.4 Å². The summed E-state index contributed by atoms with van der Waals surface area (Å²) in [5.41, 5.74) is -0.663. The molecular formula is C15H25BN2O4. The summed E-state index contributed by atoms with van der Waals surface area (Å²) < 4.78 is 4.99. The number of ether oxygens (including phenoxy) is 1. The summed E-state index contributed by atoms with van der Waals surface area (Å²) >= 11 is 0. The summed E-state index contributed by atoms with van der Waals surface area (Å²) in [5.74, 6) is -1.79. The van der Waals surface area contributed by atoms with Crippen LogP contribution in [0.3, 0.4) is 0 Å². The van der Waals surface area contributed by atoms with E-state index in [0.29, 0.717) is 12.8 Å². The fraction of sp³-hybridized carbons (Fsp3) is 0.600. The normalized spacial score (nSPS) is 14.8. The zero-order valence-corrected chi connectivity index (χ0v) is 13.6. The lowest BCUT2D eigenvalue weighted by Crippen LogP contribution is -2.47. The molecule has 2 amide bonds. The lowest BCUT2D eigenvalue weighted by Gasteiger charge is -2.21. The van der Waals surface area contributed by atoms with Crippen molar-refractivity contribution in [3.05, 3.63) is 24.4 Å². The van der Waals surface area contributed by atoms with Crippen LogP contribution in [0.25, 0.3) is 0 Å². The Morgan fingerprint density at radius 3 is 2.41 bits per heavy atom. The molecule has 122 valence electrons. The van der Waals surface area contributed by atoms with Gasteiger partial charge in [-0.3, -0.25) is 4.79 Å². The minimum Gasteiger partial charge on any atom is -0.444 e. The maximum atomic E-state index is 11.6. The van der Waals surface area contributed by atoms with Crippen molar-refractivity contribution in [2.45, 2.75) is 58.2 Å². The summed E-state index contributed by atoms with van der Waals surface area (Å²) in [5, 5.41) is 14.2. The topological polar surface area (TPSA) is 87.7 Å². The zero-order chi connectivity index (χ0) is 17.2. The summed E-state index contributed by atoms with van der Waals surface area (Å²) in [6, 6.07) is 0. The van der Waals surface area contributed by atoms with Crippen LogP contribution in [-0.4, -0.2) is 42.6 Å². The second-order valence-corrected chi connectivity index (χ2v) is 5.73. The third kappa shape index (κ3) is 11.0. The van der Waals surface area contributed by atoms with Gasteiger partial charge < -0.3 is 20.5 Å². The molecule has 0 rings (SSSR count).